The molecule has 0 bridgehead atoms. The smallest absolute Gasteiger partial charge is 0.228 e. The molecule has 1 aromatic heterocycles. The Kier molecular flexibility index (Phi) is 2.44. The second kappa shape index (κ2) is 3.06. The molecule has 6 heteroatoms. The fourth-order valence-corrected chi connectivity index (χ4v) is 2.09. The van der Waals surface area contributed by atoms with Crippen molar-refractivity contribution in [2.45, 2.75) is 18.6 Å². The van der Waals surface area contributed by atoms with Crippen LogP contribution in [-0.2, 0) is 16.4 Å². The third-order valence-electron chi connectivity index (χ3n) is 1.42. The van der Waals surface area contributed by atoms with Gasteiger partial charge < -0.3 is 4.57 Å². The first kappa shape index (κ1) is 9.54. The summed E-state index contributed by atoms with van der Waals surface area (Å²) < 4.78 is 23.6. The Bertz CT molecular complexity index is 382. The topological polar surface area (TPSA) is 52.0 Å². The van der Waals surface area contributed by atoms with Crippen molar-refractivity contribution in [2.75, 3.05) is 6.26 Å². The van der Waals surface area contributed by atoms with Gasteiger partial charge in [-0.05, 0) is 6.92 Å². The van der Waals surface area contributed by atoms with Crippen LogP contribution in [0.4, 0.5) is 0 Å². The van der Waals surface area contributed by atoms with Crippen LogP contribution in [0.25, 0.3) is 0 Å². The van der Waals surface area contributed by atoms with Crippen LogP contribution >= 0.6 is 11.6 Å². The molecule has 4 nitrogen and oxygen atoms in total. The van der Waals surface area contributed by atoms with Gasteiger partial charge in [-0.2, -0.15) is 0 Å². The van der Waals surface area contributed by atoms with Crippen molar-refractivity contribution in [1.82, 2.24) is 9.55 Å². The molecular formula is C6H9ClN2O2S. The van der Waals surface area contributed by atoms with E-state index in [1.807, 2.05) is 6.92 Å². The molecule has 0 amide bonds. The van der Waals surface area contributed by atoms with E-state index in [1.54, 1.807) is 0 Å². The molecule has 0 N–H and O–H groups in total. The number of halogens is 1. The predicted octanol–water partition coefficient (Wildman–Crippen LogP) is 0.960. The van der Waals surface area contributed by atoms with Crippen molar-refractivity contribution in [1.29, 1.82) is 0 Å². The van der Waals surface area contributed by atoms with E-state index >= 15 is 0 Å². The van der Waals surface area contributed by atoms with Crippen LogP contribution in [0, 0.1) is 0 Å². The van der Waals surface area contributed by atoms with Crippen molar-refractivity contribution in [2.24, 2.45) is 0 Å². The van der Waals surface area contributed by atoms with Crippen molar-refractivity contribution in [3.8, 4) is 0 Å². The van der Waals surface area contributed by atoms with E-state index in [9.17, 15) is 8.42 Å². The molecule has 0 aliphatic heterocycles. The maximum atomic E-state index is 11.1. The maximum Gasteiger partial charge on any atom is 0.228 e. The summed E-state index contributed by atoms with van der Waals surface area (Å²) in [6, 6.07) is 0. The highest BCUT2D eigenvalue weighted by Gasteiger charge is 2.16. The normalized spacial score (nSPS) is 11.9. The van der Waals surface area contributed by atoms with E-state index in [-0.39, 0.29) is 5.16 Å². The van der Waals surface area contributed by atoms with E-state index in [1.165, 1.54) is 10.8 Å². The number of nitrogens with zero attached hydrogens (tertiary/aromatic N) is 2. The number of aromatic nitrogens is 2. The molecule has 0 saturated heterocycles. The monoisotopic (exact) mass is 208 g/mol. The van der Waals surface area contributed by atoms with Crippen molar-refractivity contribution in [3.63, 3.8) is 0 Å². The van der Waals surface area contributed by atoms with Crippen LogP contribution in [0.15, 0.2) is 11.4 Å². The molecule has 0 saturated carbocycles. The summed E-state index contributed by atoms with van der Waals surface area (Å²) in [7, 11) is -3.26. The van der Waals surface area contributed by atoms with Crippen LogP contribution in [0.2, 0.25) is 5.15 Å². The summed E-state index contributed by atoms with van der Waals surface area (Å²) in [5, 5.41) is 0.368. The Morgan fingerprint density at radius 1 is 1.67 bits per heavy atom. The van der Waals surface area contributed by atoms with Gasteiger partial charge in [-0.15, -0.1) is 0 Å². The van der Waals surface area contributed by atoms with Gasteiger partial charge in [-0.1, -0.05) is 11.6 Å². The van der Waals surface area contributed by atoms with E-state index < -0.39 is 9.84 Å². The second-order valence-electron chi connectivity index (χ2n) is 2.38. The Balaban J connectivity index is 3.36. The molecule has 1 aromatic rings. The molecule has 0 radical (unpaired) electrons. The van der Waals surface area contributed by atoms with Gasteiger partial charge in [0.2, 0.25) is 15.0 Å². The Hall–Kier alpha value is -0.550. The molecule has 68 valence electrons. The number of hydrogen-bond acceptors (Lipinski definition) is 3. The Morgan fingerprint density at radius 2 is 2.25 bits per heavy atom. The standard InChI is InChI=1S/C6H9ClN2O2S/c1-3-9-5(7)4-8-6(9)12(2,10)11/h4H,3H2,1-2H3. The van der Waals surface area contributed by atoms with Crippen molar-refractivity contribution < 1.29 is 8.42 Å². The quantitative estimate of drug-likeness (QED) is 0.728. The Labute approximate surface area is 76.1 Å². The lowest BCUT2D eigenvalue weighted by Crippen LogP contribution is -2.08. The van der Waals surface area contributed by atoms with Crippen LogP contribution in [0.1, 0.15) is 6.92 Å². The third-order valence-corrected chi connectivity index (χ3v) is 2.71. The summed E-state index contributed by atoms with van der Waals surface area (Å²) in [6.45, 7) is 2.31. The minimum atomic E-state index is -3.26. The average molecular weight is 209 g/mol. The number of sulfone groups is 1. The van der Waals surface area contributed by atoms with E-state index in [0.29, 0.717) is 11.7 Å². The van der Waals surface area contributed by atoms with E-state index in [2.05, 4.69) is 4.98 Å². The van der Waals surface area contributed by atoms with Gasteiger partial charge in [-0.25, -0.2) is 13.4 Å². The zero-order chi connectivity index (χ0) is 9.35. The minimum absolute atomic E-state index is 0.0231. The van der Waals surface area contributed by atoms with Gasteiger partial charge in [0, 0.05) is 12.8 Å². The highest BCUT2D eigenvalue weighted by Crippen LogP contribution is 2.15. The second-order valence-corrected chi connectivity index (χ2v) is 4.68. The molecule has 12 heavy (non-hydrogen) atoms. The molecule has 0 aliphatic rings. The first-order valence-corrected chi connectivity index (χ1v) is 5.65. The highest BCUT2D eigenvalue weighted by atomic mass is 35.5. The zero-order valence-corrected chi connectivity index (χ0v) is 8.35. The lowest BCUT2D eigenvalue weighted by atomic mass is 10.7. The fourth-order valence-electron chi connectivity index (χ4n) is 0.921. The number of imidazole rings is 1. The molecular weight excluding hydrogens is 200 g/mol. The largest absolute Gasteiger partial charge is 0.306 e. The van der Waals surface area contributed by atoms with E-state index in [0.717, 1.165) is 6.26 Å². The fraction of sp³-hybridized carbons (Fsp3) is 0.500. The van der Waals surface area contributed by atoms with Gasteiger partial charge in [0.25, 0.3) is 0 Å². The van der Waals surface area contributed by atoms with Gasteiger partial charge in [0.05, 0.1) is 6.20 Å². The lowest BCUT2D eigenvalue weighted by molar-refractivity contribution is 0.574. The van der Waals surface area contributed by atoms with Gasteiger partial charge in [-0.3, -0.25) is 0 Å². The first-order valence-electron chi connectivity index (χ1n) is 3.38. The first-order chi connectivity index (χ1) is 5.46. The summed E-state index contributed by atoms with van der Waals surface area (Å²) in [5.74, 6) is 0. The molecule has 0 unspecified atom stereocenters. The summed E-state index contributed by atoms with van der Waals surface area (Å²) in [5.41, 5.74) is 0. The van der Waals surface area contributed by atoms with Crippen LogP contribution in [0.3, 0.4) is 0 Å². The van der Waals surface area contributed by atoms with Crippen LogP contribution in [-0.4, -0.2) is 24.2 Å². The summed E-state index contributed by atoms with van der Waals surface area (Å²) in [6.07, 6.45) is 2.44. The molecule has 0 aromatic carbocycles. The number of rotatable bonds is 2. The minimum Gasteiger partial charge on any atom is -0.306 e. The third kappa shape index (κ3) is 1.61. The molecule has 1 rings (SSSR count). The molecule has 0 spiro atoms. The summed E-state index contributed by atoms with van der Waals surface area (Å²) >= 11 is 5.69. The maximum absolute atomic E-state index is 11.1. The molecule has 0 fully saturated rings. The van der Waals surface area contributed by atoms with Gasteiger partial charge in [0.15, 0.2) is 0 Å². The molecule has 1 heterocycles. The predicted molar refractivity (Wildman–Crippen MR) is 46.0 cm³/mol. The molecule has 0 aliphatic carbocycles. The van der Waals surface area contributed by atoms with Gasteiger partial charge in [0.1, 0.15) is 5.15 Å². The highest BCUT2D eigenvalue weighted by molar-refractivity contribution is 7.90. The van der Waals surface area contributed by atoms with Crippen molar-refractivity contribution in [3.05, 3.63) is 11.3 Å². The van der Waals surface area contributed by atoms with E-state index in [4.69, 9.17) is 11.6 Å². The summed E-state index contributed by atoms with van der Waals surface area (Å²) in [4.78, 5) is 3.70. The number of hydrogen-bond donors (Lipinski definition) is 0. The van der Waals surface area contributed by atoms with Crippen LogP contribution in [0.5, 0.6) is 0 Å². The SMILES string of the molecule is CCn1c(Cl)cnc1S(C)(=O)=O. The Morgan fingerprint density at radius 3 is 2.58 bits per heavy atom. The average Bonchev–Trinajstić information content (AvgIpc) is 2.29. The van der Waals surface area contributed by atoms with Crippen molar-refractivity contribution >= 4 is 21.4 Å². The van der Waals surface area contributed by atoms with Crippen LogP contribution < -0.4 is 0 Å². The lowest BCUT2D eigenvalue weighted by Gasteiger charge is -2.02. The van der Waals surface area contributed by atoms with Gasteiger partial charge >= 0.3 is 0 Å². The zero-order valence-electron chi connectivity index (χ0n) is 6.78. The molecule has 0 atom stereocenters.